The molecule has 0 fully saturated rings. The summed E-state index contributed by atoms with van der Waals surface area (Å²) >= 11 is 0. The van der Waals surface area contributed by atoms with Crippen molar-refractivity contribution >= 4 is 11.8 Å². The molecular weight excluding hydrogens is 388 g/mol. The van der Waals surface area contributed by atoms with Gasteiger partial charge in [-0.05, 0) is 60.6 Å². The van der Waals surface area contributed by atoms with Gasteiger partial charge in [-0.25, -0.2) is 4.79 Å². The van der Waals surface area contributed by atoms with Crippen LogP contribution in [0.2, 0.25) is 0 Å². The molecule has 0 spiro atoms. The lowest BCUT2D eigenvalue weighted by Gasteiger charge is -2.52. The van der Waals surface area contributed by atoms with Gasteiger partial charge in [0.2, 0.25) is 0 Å². The van der Waals surface area contributed by atoms with Crippen LogP contribution in [-0.2, 0) is 9.47 Å². The molecule has 0 heterocycles. The summed E-state index contributed by atoms with van der Waals surface area (Å²) in [6, 6.07) is 6.76. The maximum absolute atomic E-state index is 13.0. The minimum atomic E-state index is -0.817. The van der Waals surface area contributed by atoms with Gasteiger partial charge in [0.15, 0.2) is 5.78 Å². The molecule has 0 saturated carbocycles. The minimum Gasteiger partial charge on any atom is -0.455 e. The Hall–Kier alpha value is -1.68. The monoisotopic (exact) mass is 434 g/mol. The van der Waals surface area contributed by atoms with E-state index in [9.17, 15) is 9.59 Å². The Morgan fingerprint density at radius 1 is 0.710 bits per heavy atom. The molecule has 0 aromatic heterocycles. The molecule has 0 N–H and O–H groups in total. The number of Topliss-reactive ketones (excluding diaryl/α,β-unsaturated/α-hetero) is 1. The molecule has 0 bridgehead atoms. The second-order valence-corrected chi connectivity index (χ2v) is 11.4. The second-order valence-electron chi connectivity index (χ2n) is 11.4. The highest BCUT2D eigenvalue weighted by Gasteiger charge is 2.52. The van der Waals surface area contributed by atoms with E-state index in [2.05, 4.69) is 0 Å². The third-order valence-corrected chi connectivity index (χ3v) is 5.96. The highest BCUT2D eigenvalue weighted by atomic mass is 16.6. The molecule has 0 unspecified atom stereocenters. The van der Waals surface area contributed by atoms with E-state index in [0.29, 0.717) is 11.1 Å². The van der Waals surface area contributed by atoms with Crippen LogP contribution in [0.25, 0.3) is 0 Å². The summed E-state index contributed by atoms with van der Waals surface area (Å²) in [4.78, 5) is 25.6. The summed E-state index contributed by atoms with van der Waals surface area (Å²) in [6.07, 6.45) is 0. The van der Waals surface area contributed by atoms with Gasteiger partial charge in [-0.3, -0.25) is 4.79 Å². The second kappa shape index (κ2) is 9.85. The molecule has 0 radical (unpaired) electrons. The Morgan fingerprint density at radius 3 is 1.58 bits per heavy atom. The standard InChI is InChI=1S/C25H40O4.C2H6/c1-21(2,3)19(26)17-14-13-15-18(16-17)20(27)28-24(9,10)23(7,8)25(11,12)29-22(4,5)6;1-2/h13-16H,1-12H3;1-2H3. The first-order valence-electron chi connectivity index (χ1n) is 11.3. The van der Waals surface area contributed by atoms with Crippen molar-refractivity contribution in [3.8, 4) is 0 Å². The molecule has 31 heavy (non-hydrogen) atoms. The van der Waals surface area contributed by atoms with Gasteiger partial charge in [-0.15, -0.1) is 0 Å². The number of rotatable bonds is 6. The van der Waals surface area contributed by atoms with Crippen molar-refractivity contribution in [1.82, 2.24) is 0 Å². The topological polar surface area (TPSA) is 52.6 Å². The molecule has 0 atom stereocenters. The number of hydrogen-bond acceptors (Lipinski definition) is 4. The van der Waals surface area contributed by atoms with E-state index < -0.39 is 28.0 Å². The zero-order chi connectivity index (χ0) is 25.1. The van der Waals surface area contributed by atoms with E-state index in [1.54, 1.807) is 24.3 Å². The minimum absolute atomic E-state index is 0.00792. The highest BCUT2D eigenvalue weighted by Crippen LogP contribution is 2.46. The zero-order valence-electron chi connectivity index (χ0n) is 22.4. The molecule has 1 aromatic carbocycles. The molecule has 1 aromatic rings. The van der Waals surface area contributed by atoms with Crippen molar-refractivity contribution in [3.63, 3.8) is 0 Å². The summed E-state index contributed by atoms with van der Waals surface area (Å²) < 4.78 is 12.3. The Kier molecular flexibility index (Phi) is 9.32. The van der Waals surface area contributed by atoms with E-state index in [1.165, 1.54) is 0 Å². The lowest BCUT2D eigenvalue weighted by atomic mass is 9.66. The molecule has 0 amide bonds. The largest absolute Gasteiger partial charge is 0.455 e. The van der Waals surface area contributed by atoms with E-state index >= 15 is 0 Å². The molecule has 0 saturated heterocycles. The van der Waals surface area contributed by atoms with Crippen LogP contribution in [0.15, 0.2) is 24.3 Å². The summed E-state index contributed by atoms with van der Waals surface area (Å²) in [5.74, 6) is -0.454. The highest BCUT2D eigenvalue weighted by molar-refractivity contribution is 6.02. The molecule has 4 heteroatoms. The summed E-state index contributed by atoms with van der Waals surface area (Å²) in [6.45, 7) is 27.6. The summed E-state index contributed by atoms with van der Waals surface area (Å²) in [7, 11) is 0. The van der Waals surface area contributed by atoms with Gasteiger partial charge in [0.1, 0.15) is 5.60 Å². The SMILES string of the molecule is CC.CC(C)(C)OC(C)(C)C(C)(C)C(C)(C)OC(=O)c1cccc(C(=O)C(C)(C)C)c1. The Morgan fingerprint density at radius 2 is 1.16 bits per heavy atom. The van der Waals surface area contributed by atoms with E-state index in [-0.39, 0.29) is 11.4 Å². The number of ketones is 1. The maximum Gasteiger partial charge on any atom is 0.338 e. The van der Waals surface area contributed by atoms with Crippen molar-refractivity contribution < 1.29 is 19.1 Å². The van der Waals surface area contributed by atoms with Crippen LogP contribution in [0.1, 0.15) is 118 Å². The number of benzene rings is 1. The first kappa shape index (κ1) is 29.3. The molecule has 4 nitrogen and oxygen atoms in total. The number of carbonyl (C=O) groups excluding carboxylic acids is 2. The van der Waals surface area contributed by atoms with Gasteiger partial charge >= 0.3 is 5.97 Å². The van der Waals surface area contributed by atoms with Crippen LogP contribution in [0, 0.1) is 10.8 Å². The lowest BCUT2D eigenvalue weighted by molar-refractivity contribution is -0.215. The average molecular weight is 435 g/mol. The van der Waals surface area contributed by atoms with Gasteiger partial charge in [-0.2, -0.15) is 0 Å². The number of hydrogen-bond donors (Lipinski definition) is 0. The van der Waals surface area contributed by atoms with Crippen molar-refractivity contribution in [2.24, 2.45) is 10.8 Å². The van der Waals surface area contributed by atoms with Crippen LogP contribution in [-0.4, -0.2) is 28.6 Å². The summed E-state index contributed by atoms with van der Waals surface area (Å²) in [5, 5.41) is 0. The molecular formula is C27H46O4. The Bertz CT molecular complexity index is 756. The van der Waals surface area contributed by atoms with Gasteiger partial charge in [0, 0.05) is 16.4 Å². The normalized spacial score (nSPS) is 13.2. The van der Waals surface area contributed by atoms with Gasteiger partial charge < -0.3 is 9.47 Å². The summed E-state index contributed by atoms with van der Waals surface area (Å²) in [5.41, 5.74) is -1.83. The molecule has 178 valence electrons. The van der Waals surface area contributed by atoms with Gasteiger partial charge in [-0.1, -0.05) is 60.6 Å². The molecule has 0 aliphatic heterocycles. The van der Waals surface area contributed by atoms with E-state index in [4.69, 9.17) is 9.47 Å². The Balaban J connectivity index is 0.00000436. The average Bonchev–Trinajstić information content (AvgIpc) is 2.59. The van der Waals surface area contributed by atoms with Gasteiger partial charge in [0.25, 0.3) is 0 Å². The molecule has 0 aliphatic rings. The van der Waals surface area contributed by atoms with Crippen molar-refractivity contribution in [1.29, 1.82) is 0 Å². The number of esters is 1. The van der Waals surface area contributed by atoms with Crippen LogP contribution in [0.3, 0.4) is 0 Å². The van der Waals surface area contributed by atoms with Crippen molar-refractivity contribution in [2.45, 2.75) is 114 Å². The first-order chi connectivity index (χ1) is 13.7. The van der Waals surface area contributed by atoms with Crippen LogP contribution in [0.5, 0.6) is 0 Å². The fourth-order valence-corrected chi connectivity index (χ4v) is 3.26. The fraction of sp³-hybridized carbons (Fsp3) is 0.704. The third-order valence-electron chi connectivity index (χ3n) is 5.96. The van der Waals surface area contributed by atoms with Gasteiger partial charge in [0.05, 0.1) is 16.8 Å². The number of ether oxygens (including phenoxy) is 2. The zero-order valence-corrected chi connectivity index (χ0v) is 22.4. The fourth-order valence-electron chi connectivity index (χ4n) is 3.26. The van der Waals surface area contributed by atoms with Crippen LogP contribution < -0.4 is 0 Å². The maximum atomic E-state index is 13.0. The quantitative estimate of drug-likeness (QED) is 0.343. The van der Waals surface area contributed by atoms with Crippen LogP contribution in [0.4, 0.5) is 0 Å². The predicted octanol–water partition coefficient (Wildman–Crippen LogP) is 7.50. The van der Waals surface area contributed by atoms with E-state index in [0.717, 1.165) is 0 Å². The molecule has 1 rings (SSSR count). The molecule has 0 aliphatic carbocycles. The van der Waals surface area contributed by atoms with E-state index in [1.807, 2.05) is 96.9 Å². The Labute approximate surface area is 191 Å². The smallest absolute Gasteiger partial charge is 0.338 e. The lowest BCUT2D eigenvalue weighted by Crippen LogP contribution is -2.58. The van der Waals surface area contributed by atoms with Crippen LogP contribution >= 0.6 is 0 Å². The van der Waals surface area contributed by atoms with Crippen molar-refractivity contribution in [3.05, 3.63) is 35.4 Å². The van der Waals surface area contributed by atoms with Crippen molar-refractivity contribution in [2.75, 3.05) is 0 Å². The first-order valence-corrected chi connectivity index (χ1v) is 11.3. The third kappa shape index (κ3) is 7.45. The number of carbonyl (C=O) groups is 2. The predicted molar refractivity (Wildman–Crippen MR) is 130 cm³/mol.